The molecule has 13 heavy (non-hydrogen) atoms. The van der Waals surface area contributed by atoms with Gasteiger partial charge in [-0.15, -0.1) is 0 Å². The number of aromatic nitrogens is 1. The maximum absolute atomic E-state index is 10.8. The minimum Gasteiger partial charge on any atom is -0.428 e. The molecular weight excluding hydrogens is 192 g/mol. The van der Waals surface area contributed by atoms with E-state index >= 15 is 0 Å². The van der Waals surface area contributed by atoms with E-state index in [9.17, 15) is 4.79 Å². The Labute approximate surface area is 78.3 Å². The summed E-state index contributed by atoms with van der Waals surface area (Å²) in [6.45, 7) is 0. The van der Waals surface area contributed by atoms with Crippen molar-refractivity contribution >= 4 is 28.6 Å². The number of nitrogens with zero attached hydrogens (tertiary/aromatic N) is 1. The van der Waals surface area contributed by atoms with Crippen LogP contribution in [0.3, 0.4) is 0 Å². The predicted octanol–water partition coefficient (Wildman–Crippen LogP) is 1.58. The number of carbonyl (C=O) groups excluding carboxylic acids is 1. The molecule has 0 aliphatic carbocycles. The van der Waals surface area contributed by atoms with Gasteiger partial charge in [0.2, 0.25) is 5.91 Å². The SMILES string of the molecule is NC(=O)c1ccc2nc(Cl)oc2c1. The number of rotatable bonds is 1. The van der Waals surface area contributed by atoms with Crippen molar-refractivity contribution < 1.29 is 9.21 Å². The minimum atomic E-state index is -0.505. The lowest BCUT2D eigenvalue weighted by Gasteiger charge is -1.92. The number of primary amides is 1. The average Bonchev–Trinajstić information content (AvgIpc) is 2.42. The monoisotopic (exact) mass is 196 g/mol. The van der Waals surface area contributed by atoms with Crippen molar-refractivity contribution in [1.29, 1.82) is 0 Å². The van der Waals surface area contributed by atoms with Crippen LogP contribution in [0.4, 0.5) is 0 Å². The fourth-order valence-electron chi connectivity index (χ4n) is 1.05. The quantitative estimate of drug-likeness (QED) is 0.753. The van der Waals surface area contributed by atoms with Gasteiger partial charge in [-0.2, -0.15) is 4.98 Å². The Bertz CT molecular complexity index is 478. The van der Waals surface area contributed by atoms with Gasteiger partial charge in [0.25, 0.3) is 5.35 Å². The van der Waals surface area contributed by atoms with Gasteiger partial charge in [-0.05, 0) is 29.8 Å². The number of halogens is 1. The molecule has 1 heterocycles. The molecule has 0 saturated carbocycles. The molecule has 1 amide bonds. The topological polar surface area (TPSA) is 69.1 Å². The molecular formula is C8H5ClN2O2. The molecule has 0 fully saturated rings. The van der Waals surface area contributed by atoms with E-state index in [0.717, 1.165) is 0 Å². The summed E-state index contributed by atoms with van der Waals surface area (Å²) in [5.74, 6) is -0.505. The van der Waals surface area contributed by atoms with E-state index < -0.39 is 5.91 Å². The van der Waals surface area contributed by atoms with Crippen molar-refractivity contribution in [3.8, 4) is 0 Å². The van der Waals surface area contributed by atoms with E-state index in [0.29, 0.717) is 16.7 Å². The lowest BCUT2D eigenvalue weighted by molar-refractivity contribution is 0.100. The number of benzene rings is 1. The number of hydrogen-bond acceptors (Lipinski definition) is 3. The van der Waals surface area contributed by atoms with Gasteiger partial charge < -0.3 is 10.2 Å². The molecule has 0 saturated heterocycles. The molecule has 0 unspecified atom stereocenters. The molecule has 0 aliphatic heterocycles. The third kappa shape index (κ3) is 1.36. The first-order chi connectivity index (χ1) is 6.16. The highest BCUT2D eigenvalue weighted by Crippen LogP contribution is 2.19. The maximum atomic E-state index is 10.8. The summed E-state index contributed by atoms with van der Waals surface area (Å²) in [6.07, 6.45) is 0. The third-order valence-electron chi connectivity index (χ3n) is 1.65. The molecule has 5 heteroatoms. The Morgan fingerprint density at radius 1 is 1.54 bits per heavy atom. The van der Waals surface area contributed by atoms with Crippen LogP contribution in [-0.2, 0) is 0 Å². The number of hydrogen-bond donors (Lipinski definition) is 1. The molecule has 0 bridgehead atoms. The summed E-state index contributed by atoms with van der Waals surface area (Å²) >= 11 is 5.52. The van der Waals surface area contributed by atoms with Crippen LogP contribution in [0.15, 0.2) is 22.6 Å². The molecule has 0 radical (unpaired) electrons. The molecule has 66 valence electrons. The minimum absolute atomic E-state index is 0.0524. The number of fused-ring (bicyclic) bond motifs is 1. The highest BCUT2D eigenvalue weighted by atomic mass is 35.5. The summed E-state index contributed by atoms with van der Waals surface area (Å²) in [7, 11) is 0. The molecule has 1 aromatic carbocycles. The van der Waals surface area contributed by atoms with Crippen LogP contribution in [0.5, 0.6) is 0 Å². The van der Waals surface area contributed by atoms with Crippen molar-refractivity contribution in [2.75, 3.05) is 0 Å². The van der Waals surface area contributed by atoms with E-state index in [4.69, 9.17) is 21.8 Å². The summed E-state index contributed by atoms with van der Waals surface area (Å²) in [5, 5.41) is 0.0524. The van der Waals surface area contributed by atoms with E-state index in [1.54, 1.807) is 12.1 Å². The van der Waals surface area contributed by atoms with Crippen LogP contribution >= 0.6 is 11.6 Å². The van der Waals surface area contributed by atoms with Crippen LogP contribution in [0.2, 0.25) is 5.35 Å². The summed E-state index contributed by atoms with van der Waals surface area (Å²) < 4.78 is 5.01. The first-order valence-electron chi connectivity index (χ1n) is 3.53. The first-order valence-corrected chi connectivity index (χ1v) is 3.90. The second-order valence-electron chi connectivity index (χ2n) is 2.51. The number of nitrogens with two attached hydrogens (primary N) is 1. The highest BCUT2D eigenvalue weighted by molar-refractivity contribution is 6.28. The van der Waals surface area contributed by atoms with Crippen molar-refractivity contribution in [2.24, 2.45) is 5.73 Å². The van der Waals surface area contributed by atoms with Crippen LogP contribution < -0.4 is 5.73 Å². The zero-order valence-corrected chi connectivity index (χ0v) is 7.21. The van der Waals surface area contributed by atoms with Crippen molar-refractivity contribution in [1.82, 2.24) is 4.98 Å². The zero-order valence-electron chi connectivity index (χ0n) is 6.45. The number of carbonyl (C=O) groups is 1. The van der Waals surface area contributed by atoms with Crippen molar-refractivity contribution in [3.05, 3.63) is 29.1 Å². The molecule has 4 nitrogen and oxygen atoms in total. The Morgan fingerprint density at radius 3 is 3.00 bits per heavy atom. The van der Waals surface area contributed by atoms with E-state index in [1.807, 2.05) is 0 Å². The van der Waals surface area contributed by atoms with Crippen molar-refractivity contribution in [3.63, 3.8) is 0 Å². The molecule has 0 atom stereocenters. The van der Waals surface area contributed by atoms with E-state index in [2.05, 4.69) is 4.98 Å². The summed E-state index contributed by atoms with van der Waals surface area (Å²) in [6, 6.07) is 4.71. The largest absolute Gasteiger partial charge is 0.428 e. The third-order valence-corrected chi connectivity index (χ3v) is 1.81. The van der Waals surface area contributed by atoms with Crippen LogP contribution in [-0.4, -0.2) is 10.9 Å². The smallest absolute Gasteiger partial charge is 0.293 e. The second-order valence-corrected chi connectivity index (χ2v) is 2.84. The Hall–Kier alpha value is -1.55. The average molecular weight is 197 g/mol. The van der Waals surface area contributed by atoms with Gasteiger partial charge in [0, 0.05) is 5.56 Å². The van der Waals surface area contributed by atoms with Gasteiger partial charge in [0.05, 0.1) is 0 Å². The van der Waals surface area contributed by atoms with Crippen LogP contribution in [0, 0.1) is 0 Å². The molecule has 1 aromatic heterocycles. The van der Waals surface area contributed by atoms with Gasteiger partial charge >= 0.3 is 0 Å². The van der Waals surface area contributed by atoms with Crippen LogP contribution in [0.1, 0.15) is 10.4 Å². The van der Waals surface area contributed by atoms with Crippen LogP contribution in [0.25, 0.3) is 11.1 Å². The number of amides is 1. The summed E-state index contributed by atoms with van der Waals surface area (Å²) in [5.41, 5.74) is 6.52. The summed E-state index contributed by atoms with van der Waals surface area (Å²) in [4.78, 5) is 14.6. The molecule has 2 N–H and O–H groups in total. The Balaban J connectivity index is 2.67. The van der Waals surface area contributed by atoms with Crippen molar-refractivity contribution in [2.45, 2.75) is 0 Å². The lowest BCUT2D eigenvalue weighted by Crippen LogP contribution is -2.10. The maximum Gasteiger partial charge on any atom is 0.293 e. The zero-order chi connectivity index (χ0) is 9.42. The van der Waals surface area contributed by atoms with Gasteiger partial charge in [0.1, 0.15) is 5.52 Å². The standard InChI is InChI=1S/C8H5ClN2O2/c9-8-11-5-2-1-4(7(10)12)3-6(5)13-8/h1-3H,(H2,10,12). The van der Waals surface area contributed by atoms with Gasteiger partial charge in [-0.25, -0.2) is 0 Å². The Kier molecular flexibility index (Phi) is 1.70. The highest BCUT2D eigenvalue weighted by Gasteiger charge is 2.06. The van der Waals surface area contributed by atoms with Gasteiger partial charge in [-0.3, -0.25) is 4.79 Å². The number of oxazole rings is 1. The lowest BCUT2D eigenvalue weighted by atomic mass is 10.2. The molecule has 2 rings (SSSR count). The fourth-order valence-corrected chi connectivity index (χ4v) is 1.22. The van der Waals surface area contributed by atoms with Gasteiger partial charge in [0.15, 0.2) is 5.58 Å². The molecule has 0 spiro atoms. The molecule has 2 aromatic rings. The predicted molar refractivity (Wildman–Crippen MR) is 47.5 cm³/mol. The first kappa shape index (κ1) is 8.07. The fraction of sp³-hybridized carbons (Fsp3) is 0. The van der Waals surface area contributed by atoms with E-state index in [1.165, 1.54) is 6.07 Å². The van der Waals surface area contributed by atoms with E-state index in [-0.39, 0.29) is 5.35 Å². The second kappa shape index (κ2) is 2.74. The Morgan fingerprint density at radius 2 is 2.31 bits per heavy atom. The van der Waals surface area contributed by atoms with Gasteiger partial charge in [-0.1, -0.05) is 0 Å². The normalized spacial score (nSPS) is 10.5. The molecule has 0 aliphatic rings.